The standard InChI is InChI=1S/C28H28N2O3/c1-2-3-14-26-29-25(27(31)22-12-8-5-9-13-22)19-30(26)18-20-15-16-23(24(17-20)28(32)33)21-10-6-4-7-11-21/h4-13,15-17,19,27,31H,2-3,14,18H2,1H3,(H,32,33). The van der Waals surface area contributed by atoms with Gasteiger partial charge in [-0.15, -0.1) is 0 Å². The van der Waals surface area contributed by atoms with Crippen LogP contribution in [0, 0.1) is 0 Å². The summed E-state index contributed by atoms with van der Waals surface area (Å²) < 4.78 is 2.03. The zero-order valence-electron chi connectivity index (χ0n) is 18.7. The summed E-state index contributed by atoms with van der Waals surface area (Å²) in [5.74, 6) is -0.0569. The summed E-state index contributed by atoms with van der Waals surface area (Å²) in [6, 6.07) is 24.6. The number of benzene rings is 3. The molecule has 0 amide bonds. The minimum atomic E-state index is -0.951. The van der Waals surface area contributed by atoms with Crippen molar-refractivity contribution < 1.29 is 15.0 Å². The fourth-order valence-electron chi connectivity index (χ4n) is 4.02. The Kier molecular flexibility index (Phi) is 7.01. The van der Waals surface area contributed by atoms with Gasteiger partial charge in [-0.1, -0.05) is 86.1 Å². The first-order valence-corrected chi connectivity index (χ1v) is 11.3. The molecular formula is C28H28N2O3. The van der Waals surface area contributed by atoms with Crippen LogP contribution in [-0.2, 0) is 13.0 Å². The number of carboxylic acid groups (broad SMARTS) is 1. The van der Waals surface area contributed by atoms with E-state index in [9.17, 15) is 15.0 Å². The molecule has 1 unspecified atom stereocenters. The Bertz CT molecular complexity index is 1220. The minimum absolute atomic E-state index is 0.276. The fraction of sp³-hybridized carbons (Fsp3) is 0.214. The van der Waals surface area contributed by atoms with Gasteiger partial charge in [0.25, 0.3) is 0 Å². The SMILES string of the molecule is CCCCc1nc(C(O)c2ccccc2)cn1Cc1ccc(-c2ccccc2)c(C(=O)O)c1. The predicted molar refractivity (Wildman–Crippen MR) is 129 cm³/mol. The maximum absolute atomic E-state index is 12.0. The van der Waals surface area contributed by atoms with Gasteiger partial charge in [0, 0.05) is 19.2 Å². The van der Waals surface area contributed by atoms with Crippen LogP contribution in [0.2, 0.25) is 0 Å². The van der Waals surface area contributed by atoms with Crippen LogP contribution >= 0.6 is 0 Å². The second-order valence-corrected chi connectivity index (χ2v) is 8.18. The number of aromatic nitrogens is 2. The van der Waals surface area contributed by atoms with Crippen LogP contribution in [0.1, 0.15) is 58.9 Å². The Labute approximate surface area is 194 Å². The molecule has 33 heavy (non-hydrogen) atoms. The van der Waals surface area contributed by atoms with Crippen LogP contribution < -0.4 is 0 Å². The molecule has 4 aromatic rings. The second kappa shape index (κ2) is 10.3. The molecule has 0 aliphatic carbocycles. The van der Waals surface area contributed by atoms with Crippen molar-refractivity contribution in [2.45, 2.75) is 38.8 Å². The van der Waals surface area contributed by atoms with Gasteiger partial charge in [-0.25, -0.2) is 9.78 Å². The maximum Gasteiger partial charge on any atom is 0.336 e. The van der Waals surface area contributed by atoms with Gasteiger partial charge >= 0.3 is 5.97 Å². The Morgan fingerprint density at radius 3 is 2.36 bits per heavy atom. The monoisotopic (exact) mass is 440 g/mol. The Morgan fingerprint density at radius 2 is 1.70 bits per heavy atom. The summed E-state index contributed by atoms with van der Waals surface area (Å²) in [7, 11) is 0. The van der Waals surface area contributed by atoms with E-state index in [-0.39, 0.29) is 5.56 Å². The molecule has 5 heteroatoms. The number of hydrogen-bond acceptors (Lipinski definition) is 3. The third-order valence-electron chi connectivity index (χ3n) is 5.78. The van der Waals surface area contributed by atoms with E-state index in [2.05, 4.69) is 6.92 Å². The molecule has 3 aromatic carbocycles. The van der Waals surface area contributed by atoms with E-state index in [0.717, 1.165) is 41.8 Å². The second-order valence-electron chi connectivity index (χ2n) is 8.18. The molecule has 1 aromatic heterocycles. The zero-order chi connectivity index (χ0) is 23.2. The van der Waals surface area contributed by atoms with E-state index >= 15 is 0 Å². The first kappa shape index (κ1) is 22.5. The lowest BCUT2D eigenvalue weighted by molar-refractivity contribution is 0.0697. The molecule has 1 atom stereocenters. The predicted octanol–water partition coefficient (Wildman–Crippen LogP) is 5.72. The number of carboxylic acids is 1. The summed E-state index contributed by atoms with van der Waals surface area (Å²) in [4.78, 5) is 16.7. The van der Waals surface area contributed by atoms with Gasteiger partial charge in [-0.3, -0.25) is 0 Å². The number of aryl methyl sites for hydroxylation is 1. The van der Waals surface area contributed by atoms with Gasteiger partial charge < -0.3 is 14.8 Å². The van der Waals surface area contributed by atoms with Crippen molar-refractivity contribution in [3.63, 3.8) is 0 Å². The molecule has 0 aliphatic rings. The molecule has 2 N–H and O–H groups in total. The molecule has 0 fully saturated rings. The Balaban J connectivity index is 1.67. The van der Waals surface area contributed by atoms with E-state index in [4.69, 9.17) is 4.98 Å². The van der Waals surface area contributed by atoms with Crippen molar-refractivity contribution in [2.24, 2.45) is 0 Å². The van der Waals surface area contributed by atoms with Crippen LogP contribution in [-0.4, -0.2) is 25.7 Å². The number of hydrogen-bond donors (Lipinski definition) is 2. The molecule has 0 radical (unpaired) electrons. The van der Waals surface area contributed by atoms with Crippen molar-refractivity contribution in [3.05, 3.63) is 113 Å². The summed E-state index contributed by atoms with van der Waals surface area (Å²) in [6.45, 7) is 2.62. The quantitative estimate of drug-likeness (QED) is 0.349. The van der Waals surface area contributed by atoms with Crippen molar-refractivity contribution in [3.8, 4) is 11.1 Å². The number of unbranched alkanes of at least 4 members (excludes halogenated alkanes) is 1. The average Bonchev–Trinajstić information content (AvgIpc) is 3.25. The van der Waals surface area contributed by atoms with E-state index in [1.165, 1.54) is 0 Å². The molecule has 0 saturated heterocycles. The molecule has 0 saturated carbocycles. The van der Waals surface area contributed by atoms with Gasteiger partial charge in [0.1, 0.15) is 11.9 Å². The van der Waals surface area contributed by atoms with Gasteiger partial charge in [0.05, 0.1) is 11.3 Å². The molecule has 4 rings (SSSR count). The van der Waals surface area contributed by atoms with Gasteiger partial charge in [0.2, 0.25) is 0 Å². The number of aliphatic hydroxyl groups is 1. The van der Waals surface area contributed by atoms with E-state index in [1.807, 2.05) is 83.6 Å². The molecular weight excluding hydrogens is 412 g/mol. The lowest BCUT2D eigenvalue weighted by Crippen LogP contribution is -2.07. The fourth-order valence-corrected chi connectivity index (χ4v) is 4.02. The number of nitrogens with zero attached hydrogens (tertiary/aromatic N) is 2. The highest BCUT2D eigenvalue weighted by Gasteiger charge is 2.18. The lowest BCUT2D eigenvalue weighted by Gasteiger charge is -2.12. The molecule has 0 aliphatic heterocycles. The Morgan fingerprint density at radius 1 is 1.00 bits per heavy atom. The highest BCUT2D eigenvalue weighted by Crippen LogP contribution is 2.26. The number of aromatic carboxylic acids is 1. The van der Waals surface area contributed by atoms with Gasteiger partial charge in [-0.05, 0) is 34.7 Å². The maximum atomic E-state index is 12.0. The largest absolute Gasteiger partial charge is 0.478 e. The molecule has 168 valence electrons. The zero-order valence-corrected chi connectivity index (χ0v) is 18.7. The molecule has 5 nitrogen and oxygen atoms in total. The molecule has 1 heterocycles. The summed E-state index contributed by atoms with van der Waals surface area (Å²) in [5.41, 5.74) is 4.13. The molecule has 0 bridgehead atoms. The van der Waals surface area contributed by atoms with Crippen LogP contribution in [0.15, 0.2) is 85.1 Å². The number of aliphatic hydroxyl groups excluding tert-OH is 1. The first-order chi connectivity index (χ1) is 16.1. The summed E-state index contributed by atoms with van der Waals surface area (Å²) >= 11 is 0. The topological polar surface area (TPSA) is 75.4 Å². The Hall–Kier alpha value is -3.70. The normalized spacial score (nSPS) is 11.9. The van der Waals surface area contributed by atoms with Crippen LogP contribution in [0.3, 0.4) is 0 Å². The highest BCUT2D eigenvalue weighted by atomic mass is 16.4. The summed E-state index contributed by atoms with van der Waals surface area (Å²) in [5, 5.41) is 20.7. The van der Waals surface area contributed by atoms with Gasteiger partial charge in [0.15, 0.2) is 0 Å². The third-order valence-corrected chi connectivity index (χ3v) is 5.78. The summed E-state index contributed by atoms with van der Waals surface area (Å²) in [6.07, 6.45) is 3.91. The van der Waals surface area contributed by atoms with E-state index < -0.39 is 12.1 Å². The third kappa shape index (κ3) is 5.21. The minimum Gasteiger partial charge on any atom is -0.478 e. The average molecular weight is 441 g/mol. The van der Waals surface area contributed by atoms with Crippen LogP contribution in [0.4, 0.5) is 0 Å². The van der Waals surface area contributed by atoms with Gasteiger partial charge in [-0.2, -0.15) is 0 Å². The number of rotatable bonds is 9. The lowest BCUT2D eigenvalue weighted by atomic mass is 9.97. The van der Waals surface area contributed by atoms with Crippen LogP contribution in [0.25, 0.3) is 11.1 Å². The smallest absolute Gasteiger partial charge is 0.336 e. The molecule has 0 spiro atoms. The van der Waals surface area contributed by atoms with Crippen molar-refractivity contribution in [1.29, 1.82) is 0 Å². The van der Waals surface area contributed by atoms with Crippen LogP contribution in [0.5, 0.6) is 0 Å². The van der Waals surface area contributed by atoms with Crippen molar-refractivity contribution >= 4 is 5.97 Å². The van der Waals surface area contributed by atoms with E-state index in [0.29, 0.717) is 17.8 Å². The van der Waals surface area contributed by atoms with E-state index in [1.54, 1.807) is 6.07 Å². The highest BCUT2D eigenvalue weighted by molar-refractivity contribution is 5.96. The number of carbonyl (C=O) groups is 1. The van der Waals surface area contributed by atoms with Crippen molar-refractivity contribution in [1.82, 2.24) is 9.55 Å². The van der Waals surface area contributed by atoms with Crippen molar-refractivity contribution in [2.75, 3.05) is 0 Å². The number of imidazole rings is 1. The first-order valence-electron chi connectivity index (χ1n) is 11.3.